The zero-order chi connectivity index (χ0) is 15.1. The van der Waals surface area contributed by atoms with Crippen molar-refractivity contribution in [2.45, 2.75) is 40.2 Å². The van der Waals surface area contributed by atoms with Crippen LogP contribution in [0.15, 0.2) is 30.3 Å². The molecule has 4 heteroatoms. The van der Waals surface area contributed by atoms with Gasteiger partial charge in [-0.05, 0) is 24.5 Å². The monoisotopic (exact) mass is 277 g/mol. The lowest BCUT2D eigenvalue weighted by Gasteiger charge is -2.35. The van der Waals surface area contributed by atoms with E-state index in [1.54, 1.807) is 5.01 Å². The molecule has 0 aliphatic rings. The number of amides is 1. The molecule has 0 bridgehead atoms. The van der Waals surface area contributed by atoms with Crippen LogP contribution < -0.4 is 10.7 Å². The van der Waals surface area contributed by atoms with Gasteiger partial charge in [-0.1, -0.05) is 45.9 Å². The third kappa shape index (κ3) is 4.32. The Bertz CT molecular complexity index is 401. The minimum absolute atomic E-state index is 0.0337. The Hall–Kier alpha value is -1.39. The number of carbonyl (C=O) groups is 1. The molecule has 2 N–H and O–H groups in total. The fraction of sp³-hybridized carbons (Fsp3) is 0.562. The summed E-state index contributed by atoms with van der Waals surface area (Å²) in [6.07, 6.45) is 0.698. The first-order chi connectivity index (χ1) is 9.51. The van der Waals surface area contributed by atoms with Crippen molar-refractivity contribution < 1.29 is 4.79 Å². The van der Waals surface area contributed by atoms with E-state index in [0.717, 1.165) is 18.8 Å². The predicted molar refractivity (Wildman–Crippen MR) is 84.3 cm³/mol. The van der Waals surface area contributed by atoms with Crippen molar-refractivity contribution in [3.63, 3.8) is 0 Å². The third-order valence-corrected chi connectivity index (χ3v) is 3.26. The van der Waals surface area contributed by atoms with Crippen LogP contribution in [-0.4, -0.2) is 30.0 Å². The molecule has 0 radical (unpaired) electrons. The Morgan fingerprint density at radius 1 is 1.15 bits per heavy atom. The van der Waals surface area contributed by atoms with Crippen molar-refractivity contribution in [2.75, 3.05) is 18.1 Å². The molecule has 112 valence electrons. The predicted octanol–water partition coefficient (Wildman–Crippen LogP) is 2.65. The van der Waals surface area contributed by atoms with Crippen LogP contribution in [0, 0.1) is 5.92 Å². The Balaban J connectivity index is 3.02. The standard InChI is InChI=1S/C16H27N3O/c1-5-18(6-2)19(14-10-8-7-9-11-14)16(20)15(17)12-13(3)4/h7-11,13,15H,5-6,12,17H2,1-4H3. The number of anilines is 1. The van der Waals surface area contributed by atoms with Crippen LogP contribution in [0.4, 0.5) is 5.69 Å². The maximum atomic E-state index is 12.7. The highest BCUT2D eigenvalue weighted by Gasteiger charge is 2.26. The van der Waals surface area contributed by atoms with Gasteiger partial charge in [0.2, 0.25) is 0 Å². The van der Waals surface area contributed by atoms with Crippen LogP contribution in [-0.2, 0) is 4.79 Å². The lowest BCUT2D eigenvalue weighted by atomic mass is 10.0. The molecule has 20 heavy (non-hydrogen) atoms. The second kappa shape index (κ2) is 8.02. The summed E-state index contributed by atoms with van der Waals surface area (Å²) >= 11 is 0. The van der Waals surface area contributed by atoms with Crippen molar-refractivity contribution in [3.05, 3.63) is 30.3 Å². The number of benzene rings is 1. The van der Waals surface area contributed by atoms with E-state index in [9.17, 15) is 4.79 Å². The Morgan fingerprint density at radius 2 is 1.70 bits per heavy atom. The smallest absolute Gasteiger partial charge is 0.258 e. The van der Waals surface area contributed by atoms with E-state index in [1.807, 2.05) is 49.2 Å². The van der Waals surface area contributed by atoms with Gasteiger partial charge in [0.1, 0.15) is 0 Å². The SMILES string of the molecule is CCN(CC)N(C(=O)C(N)CC(C)C)c1ccccc1. The summed E-state index contributed by atoms with van der Waals surface area (Å²) < 4.78 is 0. The molecule has 0 heterocycles. The Kier molecular flexibility index (Phi) is 6.68. The van der Waals surface area contributed by atoms with E-state index in [-0.39, 0.29) is 5.91 Å². The molecule has 1 aromatic carbocycles. The van der Waals surface area contributed by atoms with Gasteiger partial charge < -0.3 is 5.73 Å². The zero-order valence-electron chi connectivity index (χ0n) is 13.0. The summed E-state index contributed by atoms with van der Waals surface area (Å²) in [4.78, 5) is 12.7. The van der Waals surface area contributed by atoms with Crippen molar-refractivity contribution >= 4 is 11.6 Å². The molecular weight excluding hydrogens is 250 g/mol. The summed E-state index contributed by atoms with van der Waals surface area (Å²) in [7, 11) is 0. The average molecular weight is 277 g/mol. The molecule has 1 unspecified atom stereocenters. The molecular formula is C16H27N3O. The summed E-state index contributed by atoms with van der Waals surface area (Å²) in [6, 6.07) is 9.25. The number of hydrazine groups is 1. The maximum Gasteiger partial charge on any atom is 0.258 e. The number of nitrogens with two attached hydrogens (primary N) is 1. The minimum Gasteiger partial charge on any atom is -0.320 e. The van der Waals surface area contributed by atoms with Crippen LogP contribution in [0.3, 0.4) is 0 Å². The topological polar surface area (TPSA) is 49.6 Å². The van der Waals surface area contributed by atoms with Crippen LogP contribution in [0.1, 0.15) is 34.1 Å². The fourth-order valence-electron chi connectivity index (χ4n) is 2.27. The lowest BCUT2D eigenvalue weighted by molar-refractivity contribution is -0.123. The van der Waals surface area contributed by atoms with Crippen molar-refractivity contribution in [1.29, 1.82) is 0 Å². The molecule has 0 saturated heterocycles. The summed E-state index contributed by atoms with van der Waals surface area (Å²) in [5, 5.41) is 3.74. The van der Waals surface area contributed by atoms with E-state index < -0.39 is 6.04 Å². The molecule has 1 atom stereocenters. The molecule has 0 fully saturated rings. The lowest BCUT2D eigenvalue weighted by Crippen LogP contribution is -2.53. The molecule has 1 aromatic rings. The largest absolute Gasteiger partial charge is 0.320 e. The van der Waals surface area contributed by atoms with Gasteiger partial charge in [-0.3, -0.25) is 4.79 Å². The van der Waals surface area contributed by atoms with Crippen LogP contribution in [0.25, 0.3) is 0 Å². The fourth-order valence-corrected chi connectivity index (χ4v) is 2.27. The molecule has 0 aliphatic carbocycles. The van der Waals surface area contributed by atoms with Gasteiger partial charge in [0.25, 0.3) is 5.91 Å². The molecule has 1 amide bonds. The highest BCUT2D eigenvalue weighted by molar-refractivity contribution is 5.96. The maximum absolute atomic E-state index is 12.7. The normalized spacial score (nSPS) is 12.8. The van der Waals surface area contributed by atoms with Gasteiger partial charge in [-0.15, -0.1) is 0 Å². The van der Waals surface area contributed by atoms with Crippen molar-refractivity contribution in [1.82, 2.24) is 5.01 Å². The van der Waals surface area contributed by atoms with Gasteiger partial charge in [-0.25, -0.2) is 10.0 Å². The quantitative estimate of drug-likeness (QED) is 0.780. The first kappa shape index (κ1) is 16.7. The minimum atomic E-state index is -0.462. The molecule has 0 aromatic heterocycles. The van der Waals surface area contributed by atoms with E-state index in [4.69, 9.17) is 5.73 Å². The Labute approximate surface area is 122 Å². The number of para-hydroxylation sites is 1. The van der Waals surface area contributed by atoms with Gasteiger partial charge in [-0.2, -0.15) is 0 Å². The van der Waals surface area contributed by atoms with E-state index in [0.29, 0.717) is 12.3 Å². The number of hydrogen-bond acceptors (Lipinski definition) is 3. The van der Waals surface area contributed by atoms with Crippen LogP contribution >= 0.6 is 0 Å². The molecule has 0 saturated carbocycles. The van der Waals surface area contributed by atoms with E-state index in [1.165, 1.54) is 0 Å². The van der Waals surface area contributed by atoms with E-state index in [2.05, 4.69) is 13.8 Å². The molecule has 0 aliphatic heterocycles. The summed E-state index contributed by atoms with van der Waals surface area (Å²) in [6.45, 7) is 9.78. The number of carbonyl (C=O) groups excluding carboxylic acids is 1. The number of nitrogens with zero attached hydrogens (tertiary/aromatic N) is 2. The van der Waals surface area contributed by atoms with Gasteiger partial charge >= 0.3 is 0 Å². The first-order valence-corrected chi connectivity index (χ1v) is 7.40. The van der Waals surface area contributed by atoms with Gasteiger partial charge in [0, 0.05) is 13.1 Å². The van der Waals surface area contributed by atoms with Gasteiger partial charge in [0.05, 0.1) is 11.7 Å². The third-order valence-electron chi connectivity index (χ3n) is 3.26. The number of hydrogen-bond donors (Lipinski definition) is 1. The number of rotatable bonds is 7. The van der Waals surface area contributed by atoms with Crippen LogP contribution in [0.5, 0.6) is 0 Å². The van der Waals surface area contributed by atoms with Crippen molar-refractivity contribution in [2.24, 2.45) is 11.7 Å². The summed E-state index contributed by atoms with van der Waals surface area (Å²) in [5.41, 5.74) is 6.96. The summed E-state index contributed by atoms with van der Waals surface area (Å²) in [5.74, 6) is 0.372. The second-order valence-corrected chi connectivity index (χ2v) is 5.36. The molecule has 4 nitrogen and oxygen atoms in total. The first-order valence-electron chi connectivity index (χ1n) is 7.40. The Morgan fingerprint density at radius 3 is 2.15 bits per heavy atom. The second-order valence-electron chi connectivity index (χ2n) is 5.36. The highest BCUT2D eigenvalue weighted by Crippen LogP contribution is 2.18. The molecule has 1 rings (SSSR count). The zero-order valence-corrected chi connectivity index (χ0v) is 13.0. The average Bonchev–Trinajstić information content (AvgIpc) is 2.44. The van der Waals surface area contributed by atoms with Crippen molar-refractivity contribution in [3.8, 4) is 0 Å². The van der Waals surface area contributed by atoms with Crippen LogP contribution in [0.2, 0.25) is 0 Å². The highest BCUT2D eigenvalue weighted by atomic mass is 16.2. The molecule has 0 spiro atoms. The van der Waals surface area contributed by atoms with Gasteiger partial charge in [0.15, 0.2) is 0 Å². The van der Waals surface area contributed by atoms with E-state index >= 15 is 0 Å².